The third-order valence-electron chi connectivity index (χ3n) is 1.82. The van der Waals surface area contributed by atoms with Crippen molar-refractivity contribution in [2.75, 3.05) is 0 Å². The zero-order valence-corrected chi connectivity index (χ0v) is 6.52. The quantitative estimate of drug-likeness (QED) is 0.533. The molecule has 0 rings (SSSR count). The second-order valence-corrected chi connectivity index (χ2v) is 3.11. The highest BCUT2D eigenvalue weighted by molar-refractivity contribution is 5.04. The summed E-state index contributed by atoms with van der Waals surface area (Å²) in [5, 5.41) is 8.29. The molecule has 0 aliphatic heterocycles. The van der Waals surface area contributed by atoms with Crippen LogP contribution in [0.1, 0.15) is 27.7 Å². The van der Waals surface area contributed by atoms with Crippen LogP contribution in [0.15, 0.2) is 0 Å². The lowest BCUT2D eigenvalue weighted by Gasteiger charge is -2.21. The third kappa shape index (κ3) is 2.41. The smallest absolute Gasteiger partial charge is 0.108 e. The van der Waals surface area contributed by atoms with Crippen molar-refractivity contribution in [2.45, 2.75) is 27.7 Å². The van der Waals surface area contributed by atoms with Gasteiger partial charge in [0.15, 0.2) is 0 Å². The fourth-order valence-electron chi connectivity index (χ4n) is 0.288. The van der Waals surface area contributed by atoms with E-state index in [1.54, 1.807) is 0 Å². The molecule has 0 atom stereocenters. The lowest BCUT2D eigenvalue weighted by Crippen LogP contribution is -2.16. The van der Waals surface area contributed by atoms with Crippen LogP contribution in [0.3, 0.4) is 0 Å². The largest absolute Gasteiger partial charge is 0.462 e. The third-order valence-corrected chi connectivity index (χ3v) is 1.82. The summed E-state index contributed by atoms with van der Waals surface area (Å²) in [7, 11) is 0. The lowest BCUT2D eigenvalue weighted by atomic mass is 9.82. The average molecular weight is 126 g/mol. The maximum atomic E-state index is 8.29. The van der Waals surface area contributed by atoms with Gasteiger partial charge >= 0.3 is 0 Å². The number of rotatable bonds is 1. The van der Waals surface area contributed by atoms with Gasteiger partial charge in [0.05, 0.1) is 0 Å². The zero-order valence-electron chi connectivity index (χ0n) is 6.52. The number of hydrogen-bond acceptors (Lipinski definition) is 1. The first-order chi connectivity index (χ1) is 4.00. The van der Waals surface area contributed by atoms with Crippen molar-refractivity contribution in [1.82, 2.24) is 0 Å². The molecule has 0 fully saturated rings. The highest BCUT2D eigenvalue weighted by Crippen LogP contribution is 2.24. The second kappa shape index (κ2) is 2.77. The number of aliphatic hydroxyl groups excluding tert-OH is 1. The van der Waals surface area contributed by atoms with Crippen LogP contribution in [0.2, 0.25) is 0 Å². The molecule has 9 heavy (non-hydrogen) atoms. The summed E-state index contributed by atoms with van der Waals surface area (Å²) >= 11 is 0. The van der Waals surface area contributed by atoms with Gasteiger partial charge in [-0.25, -0.2) is 0 Å². The highest BCUT2D eigenvalue weighted by atomic mass is 16.2. The van der Waals surface area contributed by atoms with E-state index >= 15 is 0 Å². The van der Waals surface area contributed by atoms with Crippen LogP contribution in [-0.4, -0.2) is 5.11 Å². The molecule has 0 radical (unpaired) electrons. The summed E-state index contributed by atoms with van der Waals surface area (Å²) in [5.74, 6) is 3.21. The Kier molecular flexibility index (Phi) is 2.58. The predicted molar refractivity (Wildman–Crippen MR) is 38.3 cm³/mol. The van der Waals surface area contributed by atoms with Gasteiger partial charge in [-0.2, -0.15) is 0 Å². The van der Waals surface area contributed by atoms with E-state index in [4.69, 9.17) is 5.11 Å². The van der Waals surface area contributed by atoms with Crippen molar-refractivity contribution in [1.29, 1.82) is 0 Å². The van der Waals surface area contributed by atoms with Crippen LogP contribution >= 0.6 is 0 Å². The topological polar surface area (TPSA) is 20.2 Å². The molecule has 0 aliphatic rings. The summed E-state index contributed by atoms with van der Waals surface area (Å²) < 4.78 is 0. The van der Waals surface area contributed by atoms with Crippen molar-refractivity contribution in [2.24, 2.45) is 11.3 Å². The van der Waals surface area contributed by atoms with Gasteiger partial charge in [-0.3, -0.25) is 0 Å². The van der Waals surface area contributed by atoms with Crippen LogP contribution in [-0.2, 0) is 0 Å². The molecular formula is C8H14O. The summed E-state index contributed by atoms with van der Waals surface area (Å²) in [4.78, 5) is 0. The van der Waals surface area contributed by atoms with E-state index in [0.717, 1.165) is 0 Å². The standard InChI is InChI=1S/C8H14O/c1-7(2)8(3,4)5-6-9/h7,9H,1-4H3. The van der Waals surface area contributed by atoms with Crippen molar-refractivity contribution in [3.63, 3.8) is 0 Å². The lowest BCUT2D eigenvalue weighted by molar-refractivity contribution is 0.346. The first-order valence-corrected chi connectivity index (χ1v) is 3.17. The molecule has 1 heteroatoms. The molecule has 0 saturated heterocycles. The van der Waals surface area contributed by atoms with Crippen LogP contribution in [0.25, 0.3) is 0 Å². The average Bonchev–Trinajstić information content (AvgIpc) is 1.65. The zero-order chi connectivity index (χ0) is 7.49. The van der Waals surface area contributed by atoms with Crippen LogP contribution in [0.4, 0.5) is 0 Å². The Morgan fingerprint density at radius 2 is 1.78 bits per heavy atom. The van der Waals surface area contributed by atoms with Crippen LogP contribution in [0, 0.1) is 23.4 Å². The van der Waals surface area contributed by atoms with Crippen molar-refractivity contribution < 1.29 is 5.11 Å². The predicted octanol–water partition coefficient (Wildman–Crippen LogP) is 2.00. The van der Waals surface area contributed by atoms with Crippen molar-refractivity contribution in [3.8, 4) is 12.0 Å². The molecule has 0 heterocycles. The van der Waals surface area contributed by atoms with Gasteiger partial charge in [-0.15, -0.1) is 0 Å². The number of aliphatic hydroxyl groups is 1. The Morgan fingerprint density at radius 3 is 1.89 bits per heavy atom. The molecule has 1 N–H and O–H groups in total. The monoisotopic (exact) mass is 126 g/mol. The fourth-order valence-corrected chi connectivity index (χ4v) is 0.288. The molecule has 1 nitrogen and oxygen atoms in total. The van der Waals surface area contributed by atoms with E-state index in [-0.39, 0.29) is 5.41 Å². The molecule has 0 amide bonds. The minimum atomic E-state index is -0.0608. The van der Waals surface area contributed by atoms with E-state index < -0.39 is 0 Å². The molecule has 0 aliphatic carbocycles. The number of hydrogen-bond donors (Lipinski definition) is 1. The van der Waals surface area contributed by atoms with E-state index in [9.17, 15) is 0 Å². The first kappa shape index (κ1) is 8.36. The fraction of sp³-hybridized carbons (Fsp3) is 0.750. The van der Waals surface area contributed by atoms with E-state index in [0.29, 0.717) is 5.92 Å². The Balaban J connectivity index is 4.13. The van der Waals surface area contributed by atoms with Gasteiger partial charge < -0.3 is 5.11 Å². The maximum absolute atomic E-state index is 8.29. The molecule has 0 aromatic rings. The Bertz CT molecular complexity index is 134. The normalized spacial score (nSPS) is 10.8. The van der Waals surface area contributed by atoms with E-state index in [2.05, 4.69) is 19.8 Å². The van der Waals surface area contributed by atoms with Gasteiger partial charge in [0.1, 0.15) is 6.11 Å². The highest BCUT2D eigenvalue weighted by Gasteiger charge is 2.18. The van der Waals surface area contributed by atoms with Crippen molar-refractivity contribution in [3.05, 3.63) is 0 Å². The van der Waals surface area contributed by atoms with Gasteiger partial charge in [0.25, 0.3) is 0 Å². The van der Waals surface area contributed by atoms with Crippen molar-refractivity contribution >= 4 is 0 Å². The van der Waals surface area contributed by atoms with Crippen LogP contribution < -0.4 is 0 Å². The Labute approximate surface area is 57.1 Å². The maximum Gasteiger partial charge on any atom is 0.108 e. The summed E-state index contributed by atoms with van der Waals surface area (Å²) in [6.45, 7) is 8.20. The molecule has 0 aromatic heterocycles. The van der Waals surface area contributed by atoms with Gasteiger partial charge in [-0.1, -0.05) is 19.8 Å². The molecule has 0 bridgehead atoms. The molecule has 52 valence electrons. The molecule has 0 aromatic carbocycles. The molecule has 0 spiro atoms. The van der Waals surface area contributed by atoms with E-state index in [1.165, 1.54) is 0 Å². The second-order valence-electron chi connectivity index (χ2n) is 3.11. The van der Waals surface area contributed by atoms with Gasteiger partial charge in [-0.05, 0) is 19.8 Å². The minimum absolute atomic E-state index is 0.0608. The molecular weight excluding hydrogens is 112 g/mol. The molecule has 0 saturated carbocycles. The Morgan fingerprint density at radius 1 is 1.33 bits per heavy atom. The minimum Gasteiger partial charge on any atom is -0.462 e. The van der Waals surface area contributed by atoms with Gasteiger partial charge in [0.2, 0.25) is 0 Å². The SMILES string of the molecule is CC(C)C(C)(C)C#CO. The van der Waals surface area contributed by atoms with Crippen LogP contribution in [0.5, 0.6) is 0 Å². The Hall–Kier alpha value is -0.640. The van der Waals surface area contributed by atoms with E-state index in [1.807, 2.05) is 20.0 Å². The summed E-state index contributed by atoms with van der Waals surface area (Å²) in [6, 6.07) is 0. The first-order valence-electron chi connectivity index (χ1n) is 3.17. The summed E-state index contributed by atoms with van der Waals surface area (Å²) in [5.41, 5.74) is -0.0608. The molecule has 0 unspecified atom stereocenters. The van der Waals surface area contributed by atoms with Gasteiger partial charge in [0, 0.05) is 5.41 Å². The summed E-state index contributed by atoms with van der Waals surface area (Å²) in [6.07, 6.45) is 1.94.